The minimum atomic E-state index is -1.44. The Morgan fingerprint density at radius 3 is 2.29 bits per heavy atom. The Balaban J connectivity index is 1.38. The molecule has 4 rings (SSSR count). The van der Waals surface area contributed by atoms with Crippen molar-refractivity contribution in [3.63, 3.8) is 0 Å². The number of primary amides is 1. The lowest BCUT2D eigenvalue weighted by Gasteiger charge is -2.20. The number of carbonyl (C=O) groups excluding carboxylic acids is 5. The summed E-state index contributed by atoms with van der Waals surface area (Å²) >= 11 is 0. The van der Waals surface area contributed by atoms with Crippen molar-refractivity contribution in [3.8, 4) is 0 Å². The van der Waals surface area contributed by atoms with Gasteiger partial charge in [0, 0.05) is 23.6 Å². The van der Waals surface area contributed by atoms with Crippen molar-refractivity contribution >= 4 is 51.1 Å². The van der Waals surface area contributed by atoms with Gasteiger partial charge in [-0.2, -0.15) is 0 Å². The molecular weight excluding hydrogens is 486 g/mol. The summed E-state index contributed by atoms with van der Waals surface area (Å²) in [6.45, 7) is 1.71. The largest absolute Gasteiger partial charge is 0.370 e. The van der Waals surface area contributed by atoms with E-state index in [1.807, 2.05) is 42.5 Å². The lowest BCUT2D eigenvalue weighted by Crippen LogP contribution is -2.54. The van der Waals surface area contributed by atoms with Crippen LogP contribution >= 0.6 is 0 Å². The molecule has 194 valence electrons. The van der Waals surface area contributed by atoms with Crippen LogP contribution in [0.2, 0.25) is 0 Å². The van der Waals surface area contributed by atoms with Crippen LogP contribution in [0.15, 0.2) is 72.9 Å². The van der Waals surface area contributed by atoms with E-state index in [4.69, 9.17) is 5.73 Å². The van der Waals surface area contributed by atoms with E-state index in [0.29, 0.717) is 10.9 Å². The molecule has 0 saturated carbocycles. The number of rotatable bonds is 10. The van der Waals surface area contributed by atoms with Crippen LogP contribution in [0.25, 0.3) is 21.7 Å². The lowest BCUT2D eigenvalue weighted by molar-refractivity contribution is -0.132. The molecule has 6 N–H and O–H groups in total. The summed E-state index contributed by atoms with van der Waals surface area (Å²) in [6, 6.07) is 18.0. The van der Waals surface area contributed by atoms with Crippen molar-refractivity contribution in [1.29, 1.82) is 0 Å². The van der Waals surface area contributed by atoms with Gasteiger partial charge >= 0.3 is 0 Å². The average molecular weight is 514 g/mol. The molecule has 0 aliphatic carbocycles. The quantitative estimate of drug-likeness (QED) is 0.161. The van der Waals surface area contributed by atoms with Crippen LogP contribution in [-0.2, 0) is 25.7 Å². The van der Waals surface area contributed by atoms with E-state index in [1.54, 1.807) is 24.3 Å². The highest BCUT2D eigenvalue weighted by molar-refractivity contribution is 6.45. The third-order valence-corrected chi connectivity index (χ3v) is 6.15. The van der Waals surface area contributed by atoms with Crippen LogP contribution in [0.5, 0.6) is 0 Å². The number of hydrogen-bond donors (Lipinski definition) is 5. The van der Waals surface area contributed by atoms with Crippen LogP contribution in [-0.4, -0.2) is 46.5 Å². The Hall–Kier alpha value is -4.99. The molecule has 4 aromatic rings. The average Bonchev–Trinajstić information content (AvgIpc) is 3.34. The summed E-state index contributed by atoms with van der Waals surface area (Å²) in [4.78, 5) is 65.5. The van der Waals surface area contributed by atoms with Gasteiger partial charge in [-0.1, -0.05) is 60.7 Å². The zero-order valence-corrected chi connectivity index (χ0v) is 20.6. The third kappa shape index (κ3) is 5.86. The number of carbonyl (C=O) groups is 5. The molecule has 10 nitrogen and oxygen atoms in total. The summed E-state index contributed by atoms with van der Waals surface area (Å²) in [5, 5.41) is 10.1. The number of nitrogens with two attached hydrogens (primary N) is 1. The van der Waals surface area contributed by atoms with Gasteiger partial charge in [0.05, 0.1) is 12.0 Å². The molecule has 0 bridgehead atoms. The van der Waals surface area contributed by atoms with Crippen molar-refractivity contribution in [1.82, 2.24) is 20.9 Å². The number of para-hydroxylation sites is 1. The molecule has 2 unspecified atom stereocenters. The Morgan fingerprint density at radius 1 is 0.842 bits per heavy atom. The van der Waals surface area contributed by atoms with Gasteiger partial charge in [-0.3, -0.25) is 24.0 Å². The van der Waals surface area contributed by atoms with E-state index in [9.17, 15) is 24.0 Å². The fourth-order valence-electron chi connectivity index (χ4n) is 4.18. The fourth-order valence-corrected chi connectivity index (χ4v) is 4.18. The van der Waals surface area contributed by atoms with Gasteiger partial charge in [0.25, 0.3) is 11.7 Å². The summed E-state index contributed by atoms with van der Waals surface area (Å²) in [5.74, 6) is -4.12. The van der Waals surface area contributed by atoms with Crippen LogP contribution in [0, 0.1) is 0 Å². The molecule has 0 aliphatic rings. The Kier molecular flexibility index (Phi) is 7.81. The standard InChI is InChI=1S/C28H27N5O5/c1-16(26(36)31-14-18-9-6-8-17-7-2-3-10-19(17)18)32-27(37)23(13-24(29)34)33-28(38)25(35)21-15-30-22-12-5-4-11-20(21)22/h2-12,15-16,23,30H,13-14H2,1H3,(H2,29,34)(H,31,36)(H,32,37)(H,33,38). The highest BCUT2D eigenvalue weighted by atomic mass is 16.2. The summed E-state index contributed by atoms with van der Waals surface area (Å²) in [7, 11) is 0. The van der Waals surface area contributed by atoms with E-state index in [2.05, 4.69) is 20.9 Å². The number of aromatic amines is 1. The third-order valence-electron chi connectivity index (χ3n) is 6.15. The number of benzene rings is 3. The zero-order valence-electron chi connectivity index (χ0n) is 20.6. The minimum Gasteiger partial charge on any atom is -0.370 e. The topological polar surface area (TPSA) is 163 Å². The van der Waals surface area contributed by atoms with Crippen molar-refractivity contribution in [2.45, 2.75) is 32.0 Å². The van der Waals surface area contributed by atoms with Crippen LogP contribution in [0.4, 0.5) is 0 Å². The van der Waals surface area contributed by atoms with Gasteiger partial charge < -0.3 is 26.7 Å². The zero-order chi connectivity index (χ0) is 27.2. The predicted molar refractivity (Wildman–Crippen MR) is 142 cm³/mol. The first kappa shape index (κ1) is 26.1. The first-order valence-corrected chi connectivity index (χ1v) is 12.0. The van der Waals surface area contributed by atoms with Gasteiger partial charge in [-0.25, -0.2) is 0 Å². The summed E-state index contributed by atoms with van der Waals surface area (Å²) in [5.41, 5.74) is 6.96. The molecule has 0 radical (unpaired) electrons. The van der Waals surface area contributed by atoms with Crippen molar-refractivity contribution in [2.75, 3.05) is 0 Å². The Morgan fingerprint density at radius 2 is 1.53 bits per heavy atom. The number of fused-ring (bicyclic) bond motifs is 2. The molecule has 0 fully saturated rings. The van der Waals surface area contributed by atoms with Gasteiger partial charge in [-0.15, -0.1) is 0 Å². The molecular formula is C28H27N5O5. The maximum Gasteiger partial charge on any atom is 0.293 e. The molecule has 4 amide bonds. The van der Waals surface area contributed by atoms with E-state index in [0.717, 1.165) is 16.3 Å². The number of H-pyrrole nitrogens is 1. The van der Waals surface area contributed by atoms with Gasteiger partial charge in [0.1, 0.15) is 12.1 Å². The molecule has 0 spiro atoms. The number of aromatic nitrogens is 1. The molecule has 38 heavy (non-hydrogen) atoms. The first-order valence-electron chi connectivity index (χ1n) is 12.0. The number of ketones is 1. The van der Waals surface area contributed by atoms with Crippen molar-refractivity contribution in [2.24, 2.45) is 5.73 Å². The van der Waals surface area contributed by atoms with E-state index in [1.165, 1.54) is 13.1 Å². The monoisotopic (exact) mass is 513 g/mol. The molecule has 2 atom stereocenters. The van der Waals surface area contributed by atoms with Crippen molar-refractivity contribution < 1.29 is 24.0 Å². The van der Waals surface area contributed by atoms with E-state index in [-0.39, 0.29) is 12.1 Å². The van der Waals surface area contributed by atoms with E-state index >= 15 is 0 Å². The lowest BCUT2D eigenvalue weighted by atomic mass is 10.0. The number of amides is 4. The second kappa shape index (κ2) is 11.4. The van der Waals surface area contributed by atoms with Gasteiger partial charge in [0.15, 0.2) is 0 Å². The maximum atomic E-state index is 12.9. The number of hydrogen-bond acceptors (Lipinski definition) is 5. The predicted octanol–water partition coefficient (Wildman–Crippen LogP) is 1.69. The molecule has 3 aromatic carbocycles. The van der Waals surface area contributed by atoms with E-state index < -0.39 is 47.9 Å². The van der Waals surface area contributed by atoms with Crippen LogP contribution < -0.4 is 21.7 Å². The fraction of sp³-hybridized carbons (Fsp3) is 0.179. The normalized spacial score (nSPS) is 12.4. The highest BCUT2D eigenvalue weighted by Gasteiger charge is 2.29. The SMILES string of the molecule is CC(NC(=O)C(CC(N)=O)NC(=O)C(=O)c1c[nH]c2ccccc12)C(=O)NCc1cccc2ccccc12. The van der Waals surface area contributed by atoms with Crippen molar-refractivity contribution in [3.05, 3.63) is 84.1 Å². The Bertz CT molecular complexity index is 1540. The molecule has 1 heterocycles. The second-order valence-electron chi connectivity index (χ2n) is 8.86. The first-order chi connectivity index (χ1) is 18.2. The van der Waals surface area contributed by atoms with Crippen LogP contribution in [0.3, 0.4) is 0 Å². The summed E-state index contributed by atoms with van der Waals surface area (Å²) < 4.78 is 0. The van der Waals surface area contributed by atoms with Crippen LogP contribution in [0.1, 0.15) is 29.3 Å². The minimum absolute atomic E-state index is 0.123. The molecule has 0 aliphatic heterocycles. The molecule has 1 aromatic heterocycles. The highest BCUT2D eigenvalue weighted by Crippen LogP contribution is 2.19. The number of Topliss-reactive ketones (excluding diaryl/α,β-unsaturated/α-hetero) is 1. The smallest absolute Gasteiger partial charge is 0.293 e. The Labute approximate surface area is 218 Å². The van der Waals surface area contributed by atoms with Gasteiger partial charge in [0.2, 0.25) is 17.7 Å². The molecule has 0 saturated heterocycles. The second-order valence-corrected chi connectivity index (χ2v) is 8.86. The van der Waals surface area contributed by atoms with Gasteiger partial charge in [-0.05, 0) is 29.3 Å². The molecule has 10 heteroatoms. The maximum absolute atomic E-state index is 12.9. The summed E-state index contributed by atoms with van der Waals surface area (Å²) in [6.07, 6.45) is 0.848. The number of nitrogens with one attached hydrogen (secondary N) is 4.